The van der Waals surface area contributed by atoms with Crippen molar-refractivity contribution in [2.45, 2.75) is 32.8 Å². The highest BCUT2D eigenvalue weighted by molar-refractivity contribution is 6.30. The lowest BCUT2D eigenvalue weighted by molar-refractivity contribution is 0.0584. The summed E-state index contributed by atoms with van der Waals surface area (Å²) in [6.07, 6.45) is 0.536. The zero-order chi connectivity index (χ0) is 12.6. The highest BCUT2D eigenvalue weighted by Crippen LogP contribution is 2.31. The zero-order valence-electron chi connectivity index (χ0n) is 10.3. The number of fused-ring (bicyclic) bond motifs is 1. The third-order valence-corrected chi connectivity index (χ3v) is 2.79. The molecule has 1 amide bonds. The van der Waals surface area contributed by atoms with Crippen molar-refractivity contribution < 1.29 is 9.53 Å². The molecule has 1 aromatic carbocycles. The molecule has 4 heteroatoms. The number of carbonyl (C=O) groups excluding carboxylic acids is 1. The molecule has 0 aromatic heterocycles. The molecule has 0 radical (unpaired) electrons. The Hall–Kier alpha value is -1.22. The lowest BCUT2D eigenvalue weighted by Gasteiger charge is -2.24. The average Bonchev–Trinajstić information content (AvgIpc) is 2.57. The number of anilines is 1. The van der Waals surface area contributed by atoms with Crippen LogP contribution in [-0.2, 0) is 11.2 Å². The van der Waals surface area contributed by atoms with Crippen molar-refractivity contribution >= 4 is 23.4 Å². The third kappa shape index (κ3) is 2.72. The van der Waals surface area contributed by atoms with E-state index in [9.17, 15) is 4.79 Å². The van der Waals surface area contributed by atoms with Crippen LogP contribution in [0.15, 0.2) is 18.2 Å². The van der Waals surface area contributed by atoms with E-state index in [0.717, 1.165) is 17.7 Å². The molecule has 0 unspecified atom stereocenters. The Bertz CT molecular complexity index is 451. The van der Waals surface area contributed by atoms with Gasteiger partial charge in [-0.2, -0.15) is 0 Å². The molecule has 1 aromatic rings. The molecule has 17 heavy (non-hydrogen) atoms. The maximum atomic E-state index is 12.0. The van der Waals surface area contributed by atoms with Crippen LogP contribution in [0.2, 0.25) is 5.02 Å². The van der Waals surface area contributed by atoms with Gasteiger partial charge in [-0.15, -0.1) is 0 Å². The fraction of sp³-hybridized carbons (Fsp3) is 0.462. The molecule has 0 bridgehead atoms. The molecule has 0 aliphatic carbocycles. The van der Waals surface area contributed by atoms with Gasteiger partial charge >= 0.3 is 6.09 Å². The van der Waals surface area contributed by atoms with Gasteiger partial charge in [0.15, 0.2) is 0 Å². The minimum Gasteiger partial charge on any atom is -0.443 e. The summed E-state index contributed by atoms with van der Waals surface area (Å²) in [5, 5.41) is 0.704. The maximum Gasteiger partial charge on any atom is 0.414 e. The summed E-state index contributed by atoms with van der Waals surface area (Å²) in [5.41, 5.74) is 1.54. The van der Waals surface area contributed by atoms with Gasteiger partial charge in [-0.1, -0.05) is 11.6 Å². The molecule has 0 N–H and O–H groups in total. The first-order chi connectivity index (χ1) is 7.87. The van der Waals surface area contributed by atoms with Gasteiger partial charge in [0.2, 0.25) is 0 Å². The van der Waals surface area contributed by atoms with E-state index in [1.54, 1.807) is 11.0 Å². The molecule has 0 atom stereocenters. The summed E-state index contributed by atoms with van der Waals surface area (Å²) in [5.74, 6) is 0. The van der Waals surface area contributed by atoms with E-state index in [1.807, 2.05) is 32.9 Å². The van der Waals surface area contributed by atoms with E-state index in [-0.39, 0.29) is 6.09 Å². The number of hydrogen-bond donors (Lipinski definition) is 0. The highest BCUT2D eigenvalue weighted by atomic mass is 35.5. The van der Waals surface area contributed by atoms with E-state index in [2.05, 4.69) is 0 Å². The zero-order valence-corrected chi connectivity index (χ0v) is 11.0. The number of nitrogens with zero attached hydrogens (tertiary/aromatic N) is 1. The topological polar surface area (TPSA) is 29.5 Å². The van der Waals surface area contributed by atoms with Crippen molar-refractivity contribution in [1.82, 2.24) is 0 Å². The largest absolute Gasteiger partial charge is 0.443 e. The Morgan fingerprint density at radius 3 is 2.76 bits per heavy atom. The molecule has 0 fully saturated rings. The third-order valence-electron chi connectivity index (χ3n) is 2.55. The molecule has 0 saturated heterocycles. The lowest BCUT2D eigenvalue weighted by atomic mass is 10.2. The van der Waals surface area contributed by atoms with Crippen LogP contribution in [0.1, 0.15) is 26.3 Å². The normalized spacial score (nSPS) is 14.7. The second-order valence-electron chi connectivity index (χ2n) is 5.16. The van der Waals surface area contributed by atoms with Crippen LogP contribution >= 0.6 is 11.6 Å². The van der Waals surface area contributed by atoms with Gasteiger partial charge in [0.25, 0.3) is 0 Å². The summed E-state index contributed by atoms with van der Waals surface area (Å²) in [7, 11) is 0. The van der Waals surface area contributed by atoms with Crippen LogP contribution < -0.4 is 4.90 Å². The number of amides is 1. The van der Waals surface area contributed by atoms with E-state index in [1.165, 1.54) is 0 Å². The fourth-order valence-electron chi connectivity index (χ4n) is 1.88. The molecule has 1 aliphatic heterocycles. The van der Waals surface area contributed by atoms with E-state index in [0.29, 0.717) is 11.6 Å². The Balaban J connectivity index is 2.20. The first kappa shape index (κ1) is 12.2. The van der Waals surface area contributed by atoms with Crippen molar-refractivity contribution in [2.75, 3.05) is 11.4 Å². The summed E-state index contributed by atoms with van der Waals surface area (Å²) >= 11 is 5.92. The van der Waals surface area contributed by atoms with Crippen LogP contribution in [0.5, 0.6) is 0 Å². The van der Waals surface area contributed by atoms with Crippen molar-refractivity contribution in [1.29, 1.82) is 0 Å². The smallest absolute Gasteiger partial charge is 0.414 e. The van der Waals surface area contributed by atoms with Crippen LogP contribution in [-0.4, -0.2) is 18.2 Å². The Labute approximate surface area is 106 Å². The first-order valence-electron chi connectivity index (χ1n) is 5.66. The number of benzene rings is 1. The van der Waals surface area contributed by atoms with Gasteiger partial charge in [-0.05, 0) is 51.0 Å². The first-order valence-corrected chi connectivity index (χ1v) is 6.03. The molecule has 2 rings (SSSR count). The van der Waals surface area contributed by atoms with Crippen molar-refractivity contribution in [3.8, 4) is 0 Å². The van der Waals surface area contributed by atoms with Gasteiger partial charge in [-0.3, -0.25) is 4.90 Å². The molecule has 1 heterocycles. The summed E-state index contributed by atoms with van der Waals surface area (Å²) in [6.45, 7) is 6.25. The molecular weight excluding hydrogens is 238 g/mol. The van der Waals surface area contributed by atoms with Crippen molar-refractivity contribution in [3.05, 3.63) is 28.8 Å². The van der Waals surface area contributed by atoms with Gasteiger partial charge in [0.05, 0.1) is 5.69 Å². The summed E-state index contributed by atoms with van der Waals surface area (Å²) in [4.78, 5) is 13.6. The highest BCUT2D eigenvalue weighted by Gasteiger charge is 2.28. The molecule has 3 nitrogen and oxygen atoms in total. The number of ether oxygens (including phenoxy) is 1. The van der Waals surface area contributed by atoms with Gasteiger partial charge in [0.1, 0.15) is 5.60 Å². The van der Waals surface area contributed by atoms with Crippen molar-refractivity contribution in [3.63, 3.8) is 0 Å². The maximum absolute atomic E-state index is 12.0. The van der Waals surface area contributed by atoms with E-state index < -0.39 is 5.60 Å². The summed E-state index contributed by atoms with van der Waals surface area (Å²) < 4.78 is 5.36. The van der Waals surface area contributed by atoms with Gasteiger partial charge in [-0.25, -0.2) is 4.79 Å². The monoisotopic (exact) mass is 253 g/mol. The van der Waals surface area contributed by atoms with Crippen LogP contribution in [0.4, 0.5) is 10.5 Å². The van der Waals surface area contributed by atoms with Crippen LogP contribution in [0.25, 0.3) is 0 Å². The molecule has 92 valence electrons. The van der Waals surface area contributed by atoms with Crippen molar-refractivity contribution in [2.24, 2.45) is 0 Å². The Morgan fingerprint density at radius 1 is 1.41 bits per heavy atom. The Morgan fingerprint density at radius 2 is 2.12 bits per heavy atom. The van der Waals surface area contributed by atoms with E-state index >= 15 is 0 Å². The molecule has 1 aliphatic rings. The number of carbonyl (C=O) groups is 1. The number of halogens is 1. The lowest BCUT2D eigenvalue weighted by Crippen LogP contribution is -2.35. The SMILES string of the molecule is CC(C)(C)OC(=O)N1CCc2cc(Cl)ccc21. The second kappa shape index (κ2) is 4.22. The molecule has 0 saturated carbocycles. The standard InChI is InChI=1S/C13H16ClNO2/c1-13(2,3)17-12(16)15-7-6-9-8-10(14)4-5-11(9)15/h4-5,8H,6-7H2,1-3H3. The fourth-order valence-corrected chi connectivity index (χ4v) is 2.07. The number of hydrogen-bond acceptors (Lipinski definition) is 2. The van der Waals surface area contributed by atoms with E-state index in [4.69, 9.17) is 16.3 Å². The summed E-state index contributed by atoms with van der Waals surface area (Å²) in [6, 6.07) is 5.57. The molecular formula is C13H16ClNO2. The predicted molar refractivity (Wildman–Crippen MR) is 68.7 cm³/mol. The Kier molecular flexibility index (Phi) is 3.04. The number of rotatable bonds is 0. The molecule has 0 spiro atoms. The minimum absolute atomic E-state index is 0.293. The van der Waals surface area contributed by atoms with Crippen LogP contribution in [0.3, 0.4) is 0 Å². The second-order valence-corrected chi connectivity index (χ2v) is 5.59. The quantitative estimate of drug-likeness (QED) is 0.707. The minimum atomic E-state index is -0.466. The van der Waals surface area contributed by atoms with Gasteiger partial charge < -0.3 is 4.74 Å². The van der Waals surface area contributed by atoms with Gasteiger partial charge in [0, 0.05) is 11.6 Å². The van der Waals surface area contributed by atoms with Crippen LogP contribution in [0, 0.1) is 0 Å². The average molecular weight is 254 g/mol. The predicted octanol–water partition coefficient (Wildman–Crippen LogP) is 3.64.